The zero-order valence-corrected chi connectivity index (χ0v) is 18.4. The smallest absolute Gasteiger partial charge is 0.277 e. The van der Waals surface area contributed by atoms with Gasteiger partial charge in [-0.05, 0) is 38.3 Å². The summed E-state index contributed by atoms with van der Waals surface area (Å²) in [7, 11) is 1.61. The van der Waals surface area contributed by atoms with Gasteiger partial charge in [0.15, 0.2) is 5.69 Å². The molecule has 6 N–H and O–H groups in total. The molecule has 1 aliphatic rings. The summed E-state index contributed by atoms with van der Waals surface area (Å²) in [4.78, 5) is 23.4. The van der Waals surface area contributed by atoms with Crippen molar-refractivity contribution in [2.45, 2.75) is 31.8 Å². The summed E-state index contributed by atoms with van der Waals surface area (Å²) in [6.07, 6.45) is 3.30. The molecule has 0 aliphatic carbocycles. The molecule has 1 fully saturated rings. The Morgan fingerprint density at radius 1 is 1.39 bits per heavy atom. The van der Waals surface area contributed by atoms with Crippen molar-refractivity contribution in [2.75, 3.05) is 25.9 Å². The number of benzene rings is 1. The van der Waals surface area contributed by atoms with Crippen LogP contribution in [0.1, 0.15) is 36.7 Å². The molecular weight excluding hydrogens is 419 g/mol. The zero-order chi connectivity index (χ0) is 22.6. The van der Waals surface area contributed by atoms with E-state index in [4.69, 9.17) is 11.5 Å². The van der Waals surface area contributed by atoms with Gasteiger partial charge in [0.2, 0.25) is 0 Å². The summed E-state index contributed by atoms with van der Waals surface area (Å²) in [6, 6.07) is 6.17. The van der Waals surface area contributed by atoms with Gasteiger partial charge in [-0.2, -0.15) is 0 Å². The number of aliphatic hydroxyl groups is 1. The number of amides is 1. The fourth-order valence-corrected chi connectivity index (χ4v) is 4.36. The quantitative estimate of drug-likeness (QED) is 0.421. The predicted octanol–water partition coefficient (Wildman–Crippen LogP) is 2.33. The Labute approximate surface area is 184 Å². The van der Waals surface area contributed by atoms with Crippen LogP contribution in [-0.4, -0.2) is 52.5 Å². The number of halogens is 1. The standard InChI is InChI=1S/C21H27FN6O2S/c1-21(30)8-5-10-28(11-9-21)18(25-2)15(12-23)26-19(29)16-17(24)31-20(27-16)13-6-3-4-7-14(13)22/h3-4,6-7,12,30H,5,8-11,23-24H2,1-2H3,(H,26,29)/t21-/m1/s1. The highest BCUT2D eigenvalue weighted by atomic mass is 32.1. The van der Waals surface area contributed by atoms with Gasteiger partial charge in [-0.15, -0.1) is 0 Å². The summed E-state index contributed by atoms with van der Waals surface area (Å²) in [6.45, 7) is 3.06. The Balaban J connectivity index is 1.79. The number of rotatable bonds is 4. The van der Waals surface area contributed by atoms with Gasteiger partial charge < -0.3 is 26.8 Å². The maximum absolute atomic E-state index is 14.1. The minimum atomic E-state index is -0.735. The summed E-state index contributed by atoms with van der Waals surface area (Å²) in [5, 5.41) is 13.6. The molecule has 0 unspecified atom stereocenters. The highest BCUT2D eigenvalue weighted by Gasteiger charge is 2.28. The molecule has 1 aromatic carbocycles. The van der Waals surface area contributed by atoms with E-state index in [-0.39, 0.29) is 16.3 Å². The van der Waals surface area contributed by atoms with Gasteiger partial charge in [-0.3, -0.25) is 9.79 Å². The van der Waals surface area contributed by atoms with E-state index in [1.54, 1.807) is 25.2 Å². The van der Waals surface area contributed by atoms with E-state index in [2.05, 4.69) is 15.3 Å². The molecule has 10 heteroatoms. The number of aromatic nitrogens is 1. The molecule has 1 amide bonds. The van der Waals surface area contributed by atoms with E-state index < -0.39 is 17.3 Å². The molecular formula is C21H27FN6O2S. The molecule has 1 aliphatic heterocycles. The van der Waals surface area contributed by atoms with Crippen molar-refractivity contribution in [3.8, 4) is 10.6 Å². The van der Waals surface area contributed by atoms with E-state index in [1.165, 1.54) is 12.3 Å². The van der Waals surface area contributed by atoms with Crippen LogP contribution in [0.15, 0.2) is 41.2 Å². The topological polar surface area (TPSA) is 130 Å². The number of likely N-dealkylation sites (tertiary alicyclic amines) is 1. The van der Waals surface area contributed by atoms with Crippen molar-refractivity contribution in [1.29, 1.82) is 0 Å². The van der Waals surface area contributed by atoms with Crippen LogP contribution in [0.5, 0.6) is 0 Å². The fraction of sp³-hybridized carbons (Fsp3) is 0.381. The van der Waals surface area contributed by atoms with Crippen LogP contribution in [0.4, 0.5) is 9.39 Å². The van der Waals surface area contributed by atoms with Crippen LogP contribution in [0.3, 0.4) is 0 Å². The van der Waals surface area contributed by atoms with Gasteiger partial charge in [-0.1, -0.05) is 23.5 Å². The summed E-state index contributed by atoms with van der Waals surface area (Å²) in [5.74, 6) is -0.490. The van der Waals surface area contributed by atoms with Crippen molar-refractivity contribution in [2.24, 2.45) is 10.7 Å². The predicted molar refractivity (Wildman–Crippen MR) is 121 cm³/mol. The lowest BCUT2D eigenvalue weighted by Gasteiger charge is -2.26. The van der Waals surface area contributed by atoms with Crippen molar-refractivity contribution in [3.05, 3.63) is 47.7 Å². The van der Waals surface area contributed by atoms with Crippen LogP contribution < -0.4 is 16.8 Å². The lowest BCUT2D eigenvalue weighted by molar-refractivity contribution is 0.0462. The second-order valence-electron chi connectivity index (χ2n) is 7.63. The molecule has 1 saturated heterocycles. The van der Waals surface area contributed by atoms with Gasteiger partial charge in [-0.25, -0.2) is 9.37 Å². The van der Waals surface area contributed by atoms with Crippen molar-refractivity contribution in [3.63, 3.8) is 0 Å². The van der Waals surface area contributed by atoms with E-state index in [9.17, 15) is 14.3 Å². The summed E-state index contributed by atoms with van der Waals surface area (Å²) < 4.78 is 14.1. The molecule has 0 bridgehead atoms. The van der Waals surface area contributed by atoms with E-state index in [0.29, 0.717) is 42.5 Å². The number of aliphatic imine (C=N–C) groups is 1. The molecule has 0 saturated carbocycles. The molecule has 8 nitrogen and oxygen atoms in total. The first kappa shape index (κ1) is 22.7. The zero-order valence-electron chi connectivity index (χ0n) is 17.6. The monoisotopic (exact) mass is 446 g/mol. The molecule has 2 heterocycles. The SMILES string of the molecule is CN=C(C(=CN)NC(=O)c1nc(-c2ccccc2F)sc1N)N1CCC[C@@](C)(O)CC1. The number of amidine groups is 1. The van der Waals surface area contributed by atoms with Gasteiger partial charge in [0.25, 0.3) is 5.91 Å². The first-order valence-corrected chi connectivity index (χ1v) is 10.8. The van der Waals surface area contributed by atoms with Crippen LogP contribution in [0, 0.1) is 5.82 Å². The second kappa shape index (κ2) is 9.44. The average molecular weight is 447 g/mol. The number of carbonyl (C=O) groups is 1. The maximum Gasteiger partial charge on any atom is 0.277 e. The lowest BCUT2D eigenvalue weighted by atomic mass is 9.98. The van der Waals surface area contributed by atoms with Crippen molar-refractivity contribution >= 4 is 28.1 Å². The Bertz CT molecular complexity index is 1020. The number of nitrogens with zero attached hydrogens (tertiary/aromatic N) is 3. The third kappa shape index (κ3) is 5.20. The number of hydrogen-bond acceptors (Lipinski definition) is 7. The van der Waals surface area contributed by atoms with Crippen LogP contribution in [0.2, 0.25) is 0 Å². The molecule has 1 atom stereocenters. The highest BCUT2D eigenvalue weighted by molar-refractivity contribution is 7.19. The Hall–Kier alpha value is -2.98. The van der Waals surface area contributed by atoms with Crippen LogP contribution in [0.25, 0.3) is 10.6 Å². The molecule has 0 radical (unpaired) electrons. The summed E-state index contributed by atoms with van der Waals surface area (Å²) in [5.41, 5.74) is 11.7. The van der Waals surface area contributed by atoms with Gasteiger partial charge >= 0.3 is 0 Å². The first-order chi connectivity index (χ1) is 14.8. The van der Waals surface area contributed by atoms with Crippen LogP contribution in [-0.2, 0) is 0 Å². The molecule has 2 aromatic rings. The highest BCUT2D eigenvalue weighted by Crippen LogP contribution is 2.31. The normalized spacial score (nSPS) is 20.5. The Kier molecular flexibility index (Phi) is 6.91. The molecule has 3 rings (SSSR count). The number of hydrogen-bond donors (Lipinski definition) is 4. The van der Waals surface area contributed by atoms with Gasteiger partial charge in [0, 0.05) is 31.9 Å². The second-order valence-corrected chi connectivity index (χ2v) is 8.66. The number of thiazole rings is 1. The van der Waals surface area contributed by atoms with Gasteiger partial charge in [0.05, 0.1) is 11.3 Å². The molecule has 1 aromatic heterocycles. The first-order valence-electron chi connectivity index (χ1n) is 9.94. The minimum absolute atomic E-state index is 0.00291. The lowest BCUT2D eigenvalue weighted by Crippen LogP contribution is -2.40. The summed E-state index contributed by atoms with van der Waals surface area (Å²) >= 11 is 1.04. The number of nitrogens with two attached hydrogens (primary N) is 2. The van der Waals surface area contributed by atoms with Crippen molar-refractivity contribution in [1.82, 2.24) is 15.2 Å². The van der Waals surface area contributed by atoms with Crippen molar-refractivity contribution < 1.29 is 14.3 Å². The Morgan fingerprint density at radius 3 is 2.81 bits per heavy atom. The number of anilines is 1. The molecule has 166 valence electrons. The van der Waals surface area contributed by atoms with E-state index >= 15 is 0 Å². The number of carbonyl (C=O) groups excluding carboxylic acids is 1. The Morgan fingerprint density at radius 2 is 2.13 bits per heavy atom. The molecule has 0 spiro atoms. The molecule has 31 heavy (non-hydrogen) atoms. The maximum atomic E-state index is 14.1. The third-order valence-corrected chi connectivity index (χ3v) is 6.12. The average Bonchev–Trinajstić information content (AvgIpc) is 3.03. The third-order valence-electron chi connectivity index (χ3n) is 5.20. The van der Waals surface area contributed by atoms with Crippen LogP contribution >= 0.6 is 11.3 Å². The number of nitrogens with one attached hydrogen (secondary N) is 1. The minimum Gasteiger partial charge on any atom is -0.403 e. The largest absolute Gasteiger partial charge is 0.403 e. The number of nitrogen functional groups attached to an aromatic ring is 1. The van der Waals surface area contributed by atoms with E-state index in [1.807, 2.05) is 11.8 Å². The van der Waals surface area contributed by atoms with E-state index in [0.717, 1.165) is 17.8 Å². The fourth-order valence-electron chi connectivity index (χ4n) is 3.51. The van der Waals surface area contributed by atoms with Gasteiger partial charge in [0.1, 0.15) is 21.7 Å².